The molecule has 0 aliphatic carbocycles. The highest BCUT2D eigenvalue weighted by Gasteiger charge is 2.16. The van der Waals surface area contributed by atoms with Crippen LogP contribution in [0.4, 0.5) is 0 Å². The smallest absolute Gasteiger partial charge is 0.137 e. The Morgan fingerprint density at radius 1 is 1.22 bits per heavy atom. The van der Waals surface area contributed by atoms with Gasteiger partial charge in [0.1, 0.15) is 22.4 Å². The van der Waals surface area contributed by atoms with Crippen LogP contribution in [0.2, 0.25) is 5.15 Å². The van der Waals surface area contributed by atoms with Gasteiger partial charge >= 0.3 is 0 Å². The second-order valence-corrected chi connectivity index (χ2v) is 4.85. The van der Waals surface area contributed by atoms with E-state index < -0.39 is 0 Å². The molecule has 0 N–H and O–H groups in total. The molecule has 0 aliphatic heterocycles. The number of nitrogens with zero attached hydrogens (tertiary/aromatic N) is 2. The number of ether oxygens (including phenoxy) is 1. The Morgan fingerprint density at radius 2 is 1.83 bits per heavy atom. The van der Waals surface area contributed by atoms with Crippen molar-refractivity contribution < 1.29 is 4.74 Å². The van der Waals surface area contributed by atoms with Gasteiger partial charge in [0.25, 0.3) is 0 Å². The zero-order valence-electron chi connectivity index (χ0n) is 11.1. The Labute approximate surface area is 112 Å². The largest absolute Gasteiger partial charge is 0.497 e. The molecule has 3 nitrogen and oxygen atoms in total. The number of rotatable bonds is 3. The predicted octanol–water partition coefficient (Wildman–Crippen LogP) is 4.10. The van der Waals surface area contributed by atoms with Crippen LogP contribution in [-0.4, -0.2) is 16.7 Å². The van der Waals surface area contributed by atoms with E-state index in [-0.39, 0.29) is 0 Å². The highest BCUT2D eigenvalue weighted by molar-refractivity contribution is 6.32. The highest BCUT2D eigenvalue weighted by Crippen LogP contribution is 2.31. The molecule has 1 aromatic carbocycles. The molecule has 1 aromatic heterocycles. The molecule has 96 valence electrons. The van der Waals surface area contributed by atoms with Gasteiger partial charge in [0.2, 0.25) is 0 Å². The lowest BCUT2D eigenvalue weighted by atomic mass is 10.1. The number of halogens is 1. The van der Waals surface area contributed by atoms with Crippen LogP contribution in [0.1, 0.15) is 25.7 Å². The number of aromatic nitrogens is 2. The van der Waals surface area contributed by atoms with Crippen molar-refractivity contribution in [1.82, 2.24) is 9.55 Å². The quantitative estimate of drug-likeness (QED) is 0.834. The van der Waals surface area contributed by atoms with E-state index in [1.165, 1.54) is 0 Å². The molecule has 0 radical (unpaired) electrons. The molecule has 18 heavy (non-hydrogen) atoms. The van der Waals surface area contributed by atoms with Gasteiger partial charge in [-0.25, -0.2) is 4.98 Å². The summed E-state index contributed by atoms with van der Waals surface area (Å²) >= 11 is 6.40. The van der Waals surface area contributed by atoms with Gasteiger partial charge in [-0.2, -0.15) is 0 Å². The fourth-order valence-corrected chi connectivity index (χ4v) is 2.52. The van der Waals surface area contributed by atoms with E-state index in [0.717, 1.165) is 22.8 Å². The molecule has 0 saturated carbocycles. The third-order valence-corrected chi connectivity index (χ3v) is 3.27. The number of methoxy groups -OCH3 is 1. The Kier molecular flexibility index (Phi) is 3.62. The van der Waals surface area contributed by atoms with Crippen LogP contribution < -0.4 is 4.74 Å². The number of benzene rings is 1. The van der Waals surface area contributed by atoms with Gasteiger partial charge in [-0.05, 0) is 45.0 Å². The van der Waals surface area contributed by atoms with Gasteiger partial charge in [-0.3, -0.25) is 0 Å². The van der Waals surface area contributed by atoms with Crippen LogP contribution in [0, 0.1) is 6.92 Å². The minimum absolute atomic E-state index is 0.303. The average molecular weight is 265 g/mol. The predicted molar refractivity (Wildman–Crippen MR) is 74.3 cm³/mol. The van der Waals surface area contributed by atoms with Crippen molar-refractivity contribution in [1.29, 1.82) is 0 Å². The first kappa shape index (κ1) is 13.0. The Morgan fingerprint density at radius 3 is 2.28 bits per heavy atom. The van der Waals surface area contributed by atoms with Crippen LogP contribution in [0.5, 0.6) is 5.75 Å². The monoisotopic (exact) mass is 264 g/mol. The standard InChI is InChI=1S/C14H17ClN2O/c1-9(2)17-10(3)16-13(14(17)15)11-5-7-12(18-4)8-6-11/h5-9H,1-4H3. The minimum Gasteiger partial charge on any atom is -0.497 e. The van der Waals surface area contributed by atoms with E-state index in [2.05, 4.69) is 18.8 Å². The van der Waals surface area contributed by atoms with Gasteiger partial charge in [0.05, 0.1) is 7.11 Å². The SMILES string of the molecule is COc1ccc(-c2nc(C)n(C(C)C)c2Cl)cc1. The average Bonchev–Trinajstić information content (AvgIpc) is 2.65. The minimum atomic E-state index is 0.303. The van der Waals surface area contributed by atoms with E-state index in [4.69, 9.17) is 16.3 Å². The number of hydrogen-bond acceptors (Lipinski definition) is 2. The molecule has 0 bridgehead atoms. The van der Waals surface area contributed by atoms with Crippen molar-refractivity contribution in [3.63, 3.8) is 0 Å². The van der Waals surface area contributed by atoms with Crippen LogP contribution >= 0.6 is 11.6 Å². The van der Waals surface area contributed by atoms with Crippen LogP contribution in [-0.2, 0) is 0 Å². The zero-order chi connectivity index (χ0) is 13.3. The second-order valence-electron chi connectivity index (χ2n) is 4.49. The molecule has 0 aliphatic rings. The summed E-state index contributed by atoms with van der Waals surface area (Å²) in [6.07, 6.45) is 0. The summed E-state index contributed by atoms with van der Waals surface area (Å²) in [5, 5.41) is 0.688. The third-order valence-electron chi connectivity index (χ3n) is 2.91. The number of hydrogen-bond donors (Lipinski definition) is 0. The van der Waals surface area contributed by atoms with Gasteiger partial charge in [0, 0.05) is 11.6 Å². The van der Waals surface area contributed by atoms with Crippen molar-refractivity contribution >= 4 is 11.6 Å². The molecule has 0 unspecified atom stereocenters. The maximum atomic E-state index is 6.40. The molecule has 0 fully saturated rings. The molecular formula is C14H17ClN2O. The molecule has 0 amide bonds. The van der Waals surface area contributed by atoms with Crippen molar-refractivity contribution in [2.24, 2.45) is 0 Å². The lowest BCUT2D eigenvalue weighted by molar-refractivity contribution is 0.415. The zero-order valence-corrected chi connectivity index (χ0v) is 11.8. The van der Waals surface area contributed by atoms with Crippen LogP contribution in [0.15, 0.2) is 24.3 Å². The van der Waals surface area contributed by atoms with Gasteiger partial charge < -0.3 is 9.30 Å². The summed E-state index contributed by atoms with van der Waals surface area (Å²) in [4.78, 5) is 4.55. The van der Waals surface area contributed by atoms with Crippen molar-refractivity contribution in [2.75, 3.05) is 7.11 Å². The Bertz CT molecular complexity index is 544. The van der Waals surface area contributed by atoms with E-state index in [1.807, 2.05) is 35.8 Å². The summed E-state index contributed by atoms with van der Waals surface area (Å²) in [6, 6.07) is 8.07. The summed E-state index contributed by atoms with van der Waals surface area (Å²) in [5.41, 5.74) is 1.83. The molecule has 1 heterocycles. The van der Waals surface area contributed by atoms with Crippen molar-refractivity contribution in [3.8, 4) is 17.0 Å². The maximum Gasteiger partial charge on any atom is 0.137 e. The van der Waals surface area contributed by atoms with Crippen LogP contribution in [0.25, 0.3) is 11.3 Å². The second kappa shape index (κ2) is 5.02. The van der Waals surface area contributed by atoms with Crippen LogP contribution in [0.3, 0.4) is 0 Å². The first-order valence-electron chi connectivity index (χ1n) is 5.93. The summed E-state index contributed by atoms with van der Waals surface area (Å²) < 4.78 is 7.17. The van der Waals surface area contributed by atoms with Gasteiger partial charge in [-0.15, -0.1) is 0 Å². The summed E-state index contributed by atoms with van der Waals surface area (Å²) in [5.74, 6) is 1.76. The normalized spacial score (nSPS) is 11.0. The third kappa shape index (κ3) is 2.23. The topological polar surface area (TPSA) is 27.1 Å². The number of imidazole rings is 1. The van der Waals surface area contributed by atoms with Gasteiger partial charge in [0.15, 0.2) is 0 Å². The molecule has 0 saturated heterocycles. The molecule has 0 spiro atoms. The molecule has 0 atom stereocenters. The van der Waals surface area contributed by atoms with E-state index in [9.17, 15) is 0 Å². The van der Waals surface area contributed by atoms with Crippen molar-refractivity contribution in [2.45, 2.75) is 26.8 Å². The highest BCUT2D eigenvalue weighted by atomic mass is 35.5. The van der Waals surface area contributed by atoms with Gasteiger partial charge in [-0.1, -0.05) is 11.6 Å². The summed E-state index contributed by atoms with van der Waals surface area (Å²) in [6.45, 7) is 6.16. The Hall–Kier alpha value is -1.48. The molecule has 2 rings (SSSR count). The van der Waals surface area contributed by atoms with E-state index >= 15 is 0 Å². The molecule has 2 aromatic rings. The number of aryl methyl sites for hydroxylation is 1. The van der Waals surface area contributed by atoms with E-state index in [0.29, 0.717) is 11.2 Å². The maximum absolute atomic E-state index is 6.40. The first-order valence-corrected chi connectivity index (χ1v) is 6.31. The lowest BCUT2D eigenvalue weighted by Crippen LogP contribution is -2.02. The lowest BCUT2D eigenvalue weighted by Gasteiger charge is -2.10. The molecular weight excluding hydrogens is 248 g/mol. The fraction of sp³-hybridized carbons (Fsp3) is 0.357. The first-order chi connectivity index (χ1) is 8.54. The molecule has 4 heteroatoms. The Balaban J connectivity index is 2.47. The van der Waals surface area contributed by atoms with Crippen molar-refractivity contribution in [3.05, 3.63) is 35.2 Å². The van der Waals surface area contributed by atoms with E-state index in [1.54, 1.807) is 7.11 Å². The summed E-state index contributed by atoms with van der Waals surface area (Å²) in [7, 11) is 1.65. The fourth-order valence-electron chi connectivity index (χ4n) is 2.05.